The second-order valence-electron chi connectivity index (χ2n) is 2.92. The Morgan fingerprint density at radius 1 is 1.44 bits per heavy atom. The summed E-state index contributed by atoms with van der Waals surface area (Å²) >= 11 is 5.52. The van der Waals surface area contributed by atoms with Crippen LogP contribution < -0.4 is 0 Å². The van der Waals surface area contributed by atoms with Gasteiger partial charge in [0.2, 0.25) is 0 Å². The largest absolute Gasteiger partial charge is 0.266 e. The van der Waals surface area contributed by atoms with Crippen molar-refractivity contribution in [3.05, 3.63) is 28.6 Å². The number of hydrogen-bond acceptors (Lipinski definition) is 3. The van der Waals surface area contributed by atoms with Crippen LogP contribution in [-0.2, 0) is 12.3 Å². The van der Waals surface area contributed by atoms with E-state index in [1.165, 1.54) is 6.07 Å². The highest BCUT2D eigenvalue weighted by Crippen LogP contribution is 2.27. The highest BCUT2D eigenvalue weighted by molar-refractivity contribution is 6.17. The van der Waals surface area contributed by atoms with E-state index >= 15 is 0 Å². The van der Waals surface area contributed by atoms with Crippen LogP contribution in [0.1, 0.15) is 28.9 Å². The van der Waals surface area contributed by atoms with Gasteiger partial charge in [0.1, 0.15) is 11.8 Å². The molecule has 0 unspecified atom stereocenters. The van der Waals surface area contributed by atoms with E-state index in [9.17, 15) is 8.78 Å². The van der Waals surface area contributed by atoms with E-state index in [1.807, 2.05) is 6.07 Å². The summed E-state index contributed by atoms with van der Waals surface area (Å²) in [5.74, 6) is -0.144. The average Bonchev–Trinajstić information content (AvgIpc) is 2.27. The maximum Gasteiger partial charge on any atom is 0.266 e. The highest BCUT2D eigenvalue weighted by atomic mass is 35.5. The van der Waals surface area contributed by atoms with Crippen LogP contribution in [-0.4, -0.2) is 4.98 Å². The van der Waals surface area contributed by atoms with Crippen LogP contribution in [0, 0.1) is 22.7 Å². The van der Waals surface area contributed by atoms with Crippen LogP contribution >= 0.6 is 11.6 Å². The fraction of sp³-hybridized carbons (Fsp3) is 0.300. The molecule has 0 aliphatic rings. The molecule has 0 spiro atoms. The van der Waals surface area contributed by atoms with Crippen molar-refractivity contribution in [3.63, 3.8) is 0 Å². The van der Waals surface area contributed by atoms with Gasteiger partial charge in [-0.25, -0.2) is 13.8 Å². The van der Waals surface area contributed by atoms with Crippen LogP contribution in [0.15, 0.2) is 6.07 Å². The first-order valence-electron chi connectivity index (χ1n) is 4.27. The first-order valence-corrected chi connectivity index (χ1v) is 4.81. The minimum atomic E-state index is -2.80. The van der Waals surface area contributed by atoms with Crippen molar-refractivity contribution in [2.24, 2.45) is 0 Å². The molecule has 0 bridgehead atoms. The van der Waals surface area contributed by atoms with Gasteiger partial charge in [0, 0.05) is 5.88 Å². The van der Waals surface area contributed by atoms with Gasteiger partial charge in [-0.3, -0.25) is 0 Å². The molecule has 0 N–H and O–H groups in total. The number of nitrogens with zero attached hydrogens (tertiary/aromatic N) is 3. The molecule has 82 valence electrons. The van der Waals surface area contributed by atoms with E-state index in [0.717, 1.165) is 0 Å². The zero-order valence-electron chi connectivity index (χ0n) is 8.04. The van der Waals surface area contributed by atoms with Gasteiger partial charge < -0.3 is 0 Å². The Kier molecular flexibility index (Phi) is 4.16. The maximum absolute atomic E-state index is 12.7. The van der Waals surface area contributed by atoms with E-state index in [0.29, 0.717) is 0 Å². The number of aromatic nitrogens is 1. The molecule has 0 aliphatic carbocycles. The van der Waals surface area contributed by atoms with Gasteiger partial charge in [0.15, 0.2) is 0 Å². The smallest absolute Gasteiger partial charge is 0.241 e. The van der Waals surface area contributed by atoms with Gasteiger partial charge >= 0.3 is 0 Å². The molecule has 0 amide bonds. The fourth-order valence-electron chi connectivity index (χ4n) is 1.28. The summed E-state index contributed by atoms with van der Waals surface area (Å²) in [6.45, 7) is 0. The minimum absolute atomic E-state index is 0.0396. The average molecular weight is 242 g/mol. The van der Waals surface area contributed by atoms with Gasteiger partial charge in [-0.05, 0) is 11.6 Å². The van der Waals surface area contributed by atoms with E-state index < -0.39 is 12.0 Å². The number of halogens is 3. The van der Waals surface area contributed by atoms with Crippen LogP contribution in [0.3, 0.4) is 0 Å². The van der Waals surface area contributed by atoms with Crippen molar-refractivity contribution in [2.45, 2.75) is 18.7 Å². The van der Waals surface area contributed by atoms with Gasteiger partial charge in [-0.2, -0.15) is 10.5 Å². The van der Waals surface area contributed by atoms with Crippen molar-refractivity contribution >= 4 is 11.6 Å². The predicted molar refractivity (Wildman–Crippen MR) is 52.8 cm³/mol. The Balaban J connectivity index is 3.39. The third-order valence-corrected chi connectivity index (χ3v) is 2.21. The molecule has 6 heteroatoms. The van der Waals surface area contributed by atoms with E-state index in [2.05, 4.69) is 4.98 Å². The Labute approximate surface area is 95.9 Å². The molecule has 0 aromatic carbocycles. The number of hydrogen-bond donors (Lipinski definition) is 0. The van der Waals surface area contributed by atoms with Crippen molar-refractivity contribution < 1.29 is 8.78 Å². The zero-order valence-corrected chi connectivity index (χ0v) is 8.80. The lowest BCUT2D eigenvalue weighted by atomic mass is 10.1. The SMILES string of the molecule is N#CCc1cc(CCl)c(C(F)F)c(C#N)n1. The summed E-state index contributed by atoms with van der Waals surface area (Å²) in [7, 11) is 0. The Morgan fingerprint density at radius 2 is 2.12 bits per heavy atom. The maximum atomic E-state index is 12.7. The van der Waals surface area contributed by atoms with Crippen molar-refractivity contribution in [1.29, 1.82) is 10.5 Å². The molecule has 0 atom stereocenters. The number of pyridine rings is 1. The van der Waals surface area contributed by atoms with Gasteiger partial charge in [0.25, 0.3) is 6.43 Å². The number of alkyl halides is 3. The van der Waals surface area contributed by atoms with Crippen LogP contribution in [0.4, 0.5) is 8.78 Å². The van der Waals surface area contributed by atoms with Gasteiger partial charge in [0.05, 0.1) is 23.7 Å². The molecule has 0 fully saturated rings. The molecule has 16 heavy (non-hydrogen) atoms. The third-order valence-electron chi connectivity index (χ3n) is 1.93. The Hall–Kier alpha value is -1.72. The van der Waals surface area contributed by atoms with Crippen LogP contribution in [0.25, 0.3) is 0 Å². The van der Waals surface area contributed by atoms with Crippen LogP contribution in [0.2, 0.25) is 0 Å². The summed E-state index contributed by atoms with van der Waals surface area (Å²) in [6.07, 6.45) is -2.84. The first-order chi connectivity index (χ1) is 7.63. The molecule has 0 radical (unpaired) electrons. The summed E-state index contributed by atoms with van der Waals surface area (Å²) in [5.41, 5.74) is -0.384. The fourth-order valence-corrected chi connectivity index (χ4v) is 1.50. The Morgan fingerprint density at radius 3 is 2.56 bits per heavy atom. The number of nitriles is 2. The monoisotopic (exact) mass is 241 g/mol. The highest BCUT2D eigenvalue weighted by Gasteiger charge is 2.20. The summed E-state index contributed by atoms with van der Waals surface area (Å²) < 4.78 is 25.3. The summed E-state index contributed by atoms with van der Waals surface area (Å²) in [5, 5.41) is 17.2. The quantitative estimate of drug-likeness (QED) is 0.765. The van der Waals surface area contributed by atoms with Crippen molar-refractivity contribution in [1.82, 2.24) is 4.98 Å². The lowest BCUT2D eigenvalue weighted by Crippen LogP contribution is -2.03. The van der Waals surface area contributed by atoms with Crippen molar-refractivity contribution in [3.8, 4) is 12.1 Å². The second kappa shape index (κ2) is 5.39. The molecular weight excluding hydrogens is 236 g/mol. The molecule has 0 saturated heterocycles. The molecule has 3 nitrogen and oxygen atoms in total. The minimum Gasteiger partial charge on any atom is -0.241 e. The molecule has 0 aliphatic heterocycles. The molecule has 1 aromatic rings. The van der Waals surface area contributed by atoms with Gasteiger partial charge in [-0.15, -0.1) is 11.6 Å². The standard InChI is InChI=1S/C10H6ClF2N3/c11-4-6-3-7(1-2-14)16-8(5-15)9(6)10(12)13/h3,10H,1,4H2. The predicted octanol–water partition coefficient (Wildman–Crippen LogP) is 2.70. The normalized spacial score (nSPS) is 9.88. The second-order valence-corrected chi connectivity index (χ2v) is 3.18. The van der Waals surface area contributed by atoms with Gasteiger partial charge in [-0.1, -0.05) is 0 Å². The third kappa shape index (κ3) is 2.44. The van der Waals surface area contributed by atoms with Crippen LogP contribution in [0.5, 0.6) is 0 Å². The summed E-state index contributed by atoms with van der Waals surface area (Å²) in [6, 6.07) is 4.76. The van der Waals surface area contributed by atoms with Crippen molar-refractivity contribution in [2.75, 3.05) is 0 Å². The van der Waals surface area contributed by atoms with E-state index in [-0.39, 0.29) is 29.3 Å². The molecule has 1 heterocycles. The lowest BCUT2D eigenvalue weighted by Gasteiger charge is -2.09. The molecular formula is C10H6ClF2N3. The first kappa shape index (κ1) is 12.4. The molecule has 0 saturated carbocycles. The Bertz CT molecular complexity index is 474. The van der Waals surface area contributed by atoms with E-state index in [4.69, 9.17) is 22.1 Å². The molecule has 1 rings (SSSR count). The molecule has 1 aromatic heterocycles. The lowest BCUT2D eigenvalue weighted by molar-refractivity contribution is 0.149. The topological polar surface area (TPSA) is 60.5 Å². The number of rotatable bonds is 3. The zero-order chi connectivity index (χ0) is 12.1. The van der Waals surface area contributed by atoms with E-state index in [1.54, 1.807) is 6.07 Å². The summed E-state index contributed by atoms with van der Waals surface area (Å²) in [4.78, 5) is 3.69.